The van der Waals surface area contributed by atoms with Crippen LogP contribution < -0.4 is 10.5 Å². The van der Waals surface area contributed by atoms with Crippen LogP contribution in [0, 0.1) is 0 Å². The van der Waals surface area contributed by atoms with Crippen molar-refractivity contribution in [3.63, 3.8) is 0 Å². The Morgan fingerprint density at radius 3 is 3.05 bits per heavy atom. The molecule has 2 atom stereocenters. The van der Waals surface area contributed by atoms with Crippen LogP contribution in [0.1, 0.15) is 18.1 Å². The zero-order valence-electron chi connectivity index (χ0n) is 12.0. The maximum absolute atomic E-state index is 11.7. The summed E-state index contributed by atoms with van der Waals surface area (Å²) >= 11 is 3.55. The highest BCUT2D eigenvalue weighted by atomic mass is 79.9. The zero-order valence-corrected chi connectivity index (χ0v) is 13.6. The number of benzene rings is 1. The number of amides is 1. The Bertz CT molecular complexity index is 564. The van der Waals surface area contributed by atoms with Crippen molar-refractivity contribution in [3.8, 4) is 5.75 Å². The Hall–Kier alpha value is -1.11. The first kappa shape index (κ1) is 14.8. The number of nitrogens with zero attached hydrogens (tertiary/aromatic N) is 1. The van der Waals surface area contributed by atoms with Crippen LogP contribution in [0.2, 0.25) is 0 Å². The maximum atomic E-state index is 11.7. The molecule has 6 heteroatoms. The van der Waals surface area contributed by atoms with Crippen molar-refractivity contribution in [2.75, 3.05) is 19.8 Å². The highest BCUT2D eigenvalue weighted by Crippen LogP contribution is 2.34. The molecule has 0 radical (unpaired) electrons. The summed E-state index contributed by atoms with van der Waals surface area (Å²) in [6.07, 6.45) is 0.748. The lowest BCUT2D eigenvalue weighted by atomic mass is 10.0. The molecule has 0 spiro atoms. The van der Waals surface area contributed by atoms with E-state index in [0.717, 1.165) is 28.8 Å². The molecule has 0 aliphatic carbocycles. The molecule has 0 bridgehead atoms. The van der Waals surface area contributed by atoms with E-state index in [1.807, 2.05) is 6.92 Å². The van der Waals surface area contributed by atoms with Gasteiger partial charge in [0.25, 0.3) is 0 Å². The van der Waals surface area contributed by atoms with Gasteiger partial charge in [-0.05, 0) is 24.6 Å². The predicted octanol–water partition coefficient (Wildman–Crippen LogP) is 1.46. The van der Waals surface area contributed by atoms with Crippen LogP contribution in [-0.2, 0) is 22.5 Å². The minimum atomic E-state index is -0.394. The van der Waals surface area contributed by atoms with Gasteiger partial charge in [0, 0.05) is 29.5 Å². The normalized spacial score (nSPS) is 25.4. The van der Waals surface area contributed by atoms with E-state index in [1.165, 1.54) is 5.56 Å². The molecule has 1 aromatic carbocycles. The van der Waals surface area contributed by atoms with Gasteiger partial charge in [0.15, 0.2) is 0 Å². The van der Waals surface area contributed by atoms with Gasteiger partial charge in [0.2, 0.25) is 5.91 Å². The number of hydrogen-bond donors (Lipinski definition) is 1. The van der Waals surface area contributed by atoms with Crippen LogP contribution in [-0.4, -0.2) is 42.7 Å². The summed E-state index contributed by atoms with van der Waals surface area (Å²) in [5, 5.41) is 0. The molecule has 0 saturated carbocycles. The average Bonchev–Trinajstić information content (AvgIpc) is 2.86. The minimum absolute atomic E-state index is 0.183. The summed E-state index contributed by atoms with van der Waals surface area (Å²) in [7, 11) is 0. The number of nitrogens with two attached hydrogens (primary N) is 1. The Morgan fingerprint density at radius 1 is 1.48 bits per heavy atom. The molecule has 21 heavy (non-hydrogen) atoms. The number of primary amides is 1. The molecule has 2 aliphatic heterocycles. The van der Waals surface area contributed by atoms with Gasteiger partial charge in [0.05, 0.1) is 19.3 Å². The van der Waals surface area contributed by atoms with Crippen molar-refractivity contribution in [3.05, 3.63) is 27.7 Å². The minimum Gasteiger partial charge on any atom is -0.493 e. The third-order valence-electron chi connectivity index (χ3n) is 4.09. The molecular weight excluding hydrogens is 336 g/mol. The van der Waals surface area contributed by atoms with Crippen LogP contribution in [0.5, 0.6) is 5.75 Å². The second-order valence-electron chi connectivity index (χ2n) is 5.55. The van der Waals surface area contributed by atoms with Gasteiger partial charge in [-0.1, -0.05) is 15.9 Å². The third kappa shape index (κ3) is 2.93. The van der Waals surface area contributed by atoms with Crippen molar-refractivity contribution >= 4 is 21.8 Å². The molecular formula is C15H19BrN2O3. The van der Waals surface area contributed by atoms with Crippen molar-refractivity contribution in [1.82, 2.24) is 4.90 Å². The lowest BCUT2D eigenvalue weighted by Crippen LogP contribution is -2.56. The second-order valence-corrected chi connectivity index (χ2v) is 6.46. The molecule has 1 aromatic rings. The SMILES string of the molecule is C[C@H]1OCCN(Cc2cc(Br)cc3c2OCC3)[C@@H]1C(N)=O. The van der Waals surface area contributed by atoms with Gasteiger partial charge in [-0.25, -0.2) is 0 Å². The monoisotopic (exact) mass is 354 g/mol. The van der Waals surface area contributed by atoms with Crippen molar-refractivity contribution in [2.45, 2.75) is 32.0 Å². The van der Waals surface area contributed by atoms with Gasteiger partial charge in [-0.15, -0.1) is 0 Å². The number of carbonyl (C=O) groups excluding carboxylic acids is 1. The molecule has 114 valence electrons. The number of carbonyl (C=O) groups is 1. The van der Waals surface area contributed by atoms with Gasteiger partial charge in [-0.2, -0.15) is 0 Å². The molecule has 2 heterocycles. The van der Waals surface area contributed by atoms with Crippen molar-refractivity contribution in [2.24, 2.45) is 5.73 Å². The number of hydrogen-bond acceptors (Lipinski definition) is 4. The quantitative estimate of drug-likeness (QED) is 0.892. The van der Waals surface area contributed by atoms with Gasteiger partial charge < -0.3 is 15.2 Å². The zero-order chi connectivity index (χ0) is 15.0. The Morgan fingerprint density at radius 2 is 2.29 bits per heavy atom. The van der Waals surface area contributed by atoms with E-state index in [0.29, 0.717) is 19.7 Å². The topological polar surface area (TPSA) is 64.8 Å². The van der Waals surface area contributed by atoms with E-state index in [9.17, 15) is 4.79 Å². The second kappa shape index (κ2) is 5.94. The number of morpholine rings is 1. The van der Waals surface area contributed by atoms with E-state index in [1.54, 1.807) is 0 Å². The molecule has 1 amide bonds. The Kier molecular flexibility index (Phi) is 4.19. The maximum Gasteiger partial charge on any atom is 0.237 e. The molecule has 2 N–H and O–H groups in total. The summed E-state index contributed by atoms with van der Waals surface area (Å²) in [5.41, 5.74) is 7.86. The van der Waals surface area contributed by atoms with E-state index >= 15 is 0 Å². The first-order chi connectivity index (χ1) is 10.1. The predicted molar refractivity (Wildman–Crippen MR) is 82.1 cm³/mol. The summed E-state index contributed by atoms with van der Waals surface area (Å²) in [4.78, 5) is 13.8. The van der Waals surface area contributed by atoms with Crippen LogP contribution in [0.4, 0.5) is 0 Å². The van der Waals surface area contributed by atoms with Crippen LogP contribution in [0.25, 0.3) is 0 Å². The van der Waals surface area contributed by atoms with Crippen LogP contribution >= 0.6 is 15.9 Å². The third-order valence-corrected chi connectivity index (χ3v) is 4.55. The molecule has 5 nitrogen and oxygen atoms in total. The van der Waals surface area contributed by atoms with E-state index < -0.39 is 6.04 Å². The number of halogens is 1. The Balaban J connectivity index is 1.87. The van der Waals surface area contributed by atoms with Gasteiger partial charge in [-0.3, -0.25) is 9.69 Å². The average molecular weight is 355 g/mol. The standard InChI is InChI=1S/C15H19BrN2O3/c1-9-13(15(17)19)18(3-5-20-9)8-11-7-12(16)6-10-2-4-21-14(10)11/h6-7,9,13H,2-5,8H2,1H3,(H2,17,19)/t9-,13+/m1/s1. The molecule has 3 rings (SSSR count). The number of rotatable bonds is 3. The Labute approximate surface area is 132 Å². The molecule has 1 saturated heterocycles. The lowest BCUT2D eigenvalue weighted by Gasteiger charge is -2.38. The molecule has 2 aliphatic rings. The van der Waals surface area contributed by atoms with Crippen LogP contribution in [0.3, 0.4) is 0 Å². The summed E-state index contributed by atoms with van der Waals surface area (Å²) < 4.78 is 12.3. The summed E-state index contributed by atoms with van der Waals surface area (Å²) in [6, 6.07) is 3.76. The number of ether oxygens (including phenoxy) is 2. The van der Waals surface area contributed by atoms with E-state index in [-0.39, 0.29) is 12.0 Å². The first-order valence-corrected chi connectivity index (χ1v) is 7.94. The molecule has 1 fully saturated rings. The van der Waals surface area contributed by atoms with E-state index in [4.69, 9.17) is 15.2 Å². The van der Waals surface area contributed by atoms with Gasteiger partial charge in [0.1, 0.15) is 11.8 Å². The highest BCUT2D eigenvalue weighted by molar-refractivity contribution is 9.10. The van der Waals surface area contributed by atoms with Crippen LogP contribution in [0.15, 0.2) is 16.6 Å². The fraction of sp³-hybridized carbons (Fsp3) is 0.533. The summed E-state index contributed by atoms with van der Waals surface area (Å²) in [5.74, 6) is 0.621. The molecule has 0 unspecified atom stereocenters. The largest absolute Gasteiger partial charge is 0.493 e. The number of fused-ring (bicyclic) bond motifs is 1. The van der Waals surface area contributed by atoms with Crippen molar-refractivity contribution < 1.29 is 14.3 Å². The summed E-state index contributed by atoms with van der Waals surface area (Å²) in [6.45, 7) is 4.56. The van der Waals surface area contributed by atoms with Crippen molar-refractivity contribution in [1.29, 1.82) is 0 Å². The molecule has 0 aromatic heterocycles. The lowest BCUT2D eigenvalue weighted by molar-refractivity contribution is -0.136. The fourth-order valence-electron chi connectivity index (χ4n) is 3.15. The highest BCUT2D eigenvalue weighted by Gasteiger charge is 2.34. The smallest absolute Gasteiger partial charge is 0.237 e. The van der Waals surface area contributed by atoms with E-state index in [2.05, 4.69) is 33.0 Å². The fourth-order valence-corrected chi connectivity index (χ4v) is 3.71. The van der Waals surface area contributed by atoms with Gasteiger partial charge >= 0.3 is 0 Å². The first-order valence-electron chi connectivity index (χ1n) is 7.15.